The minimum absolute atomic E-state index is 0.139. The Kier molecular flexibility index (Phi) is 7.70. The number of imidazole rings is 2. The Balaban J connectivity index is 1.20. The Morgan fingerprint density at radius 2 is 1.72 bits per heavy atom. The van der Waals surface area contributed by atoms with Crippen LogP contribution in [0, 0.1) is 0 Å². The summed E-state index contributed by atoms with van der Waals surface area (Å²) in [6.45, 7) is -0.810. The molecule has 0 saturated carbocycles. The lowest BCUT2D eigenvalue weighted by Crippen LogP contribution is -2.36. The monoisotopic (exact) mass is 688 g/mol. The molecule has 0 aromatic carbocycles. The van der Waals surface area contributed by atoms with E-state index in [4.69, 9.17) is 33.5 Å². The van der Waals surface area contributed by atoms with Gasteiger partial charge in [-0.15, -0.1) is 0 Å². The first-order chi connectivity index (χ1) is 21.9. The SMILES string of the molecule is CNc1ncnc2c1ncn2[C@@H]1O[C@@H]2COP(=O)(O)OC3[C@@H](O)[C@@H](OCP(=O)(O)OC2C1O)O[C@H]3n1cnc2c(=O)[nH]c(N)nc21. The van der Waals surface area contributed by atoms with Crippen molar-refractivity contribution in [2.45, 2.75) is 49.3 Å². The molecular formula is C21H26N10O13P2. The summed E-state index contributed by atoms with van der Waals surface area (Å²) in [5.74, 6) is 0.0887. The van der Waals surface area contributed by atoms with Gasteiger partial charge in [0.2, 0.25) is 5.95 Å². The summed E-state index contributed by atoms with van der Waals surface area (Å²) in [7, 11) is -8.29. The third-order valence-electron chi connectivity index (χ3n) is 7.42. The van der Waals surface area contributed by atoms with Crippen LogP contribution in [0.4, 0.5) is 11.8 Å². The van der Waals surface area contributed by atoms with Crippen LogP contribution in [0.5, 0.6) is 0 Å². The van der Waals surface area contributed by atoms with Gasteiger partial charge in [-0.05, 0) is 0 Å². The number of fused-ring (bicyclic) bond motifs is 5. The van der Waals surface area contributed by atoms with Gasteiger partial charge in [-0.2, -0.15) is 4.98 Å². The van der Waals surface area contributed by atoms with Crippen LogP contribution in [0.2, 0.25) is 0 Å². The van der Waals surface area contributed by atoms with Crippen LogP contribution >= 0.6 is 15.4 Å². The first-order valence-electron chi connectivity index (χ1n) is 13.4. The van der Waals surface area contributed by atoms with E-state index >= 15 is 0 Å². The van der Waals surface area contributed by atoms with Gasteiger partial charge in [0.25, 0.3) is 5.56 Å². The third kappa shape index (κ3) is 5.39. The molecule has 248 valence electrons. The topological polar surface area (TPSA) is 316 Å². The van der Waals surface area contributed by atoms with Gasteiger partial charge in [-0.25, -0.2) is 24.5 Å². The lowest BCUT2D eigenvalue weighted by atomic mass is 10.1. The minimum Gasteiger partial charge on any atom is -0.386 e. The number of aliphatic hydroxyl groups is 2. The van der Waals surface area contributed by atoms with E-state index in [1.165, 1.54) is 17.2 Å². The van der Waals surface area contributed by atoms with Crippen molar-refractivity contribution in [1.29, 1.82) is 0 Å². The van der Waals surface area contributed by atoms with Crippen LogP contribution < -0.4 is 16.6 Å². The minimum atomic E-state index is -5.12. The Morgan fingerprint density at radius 3 is 2.48 bits per heavy atom. The van der Waals surface area contributed by atoms with Crippen molar-refractivity contribution in [3.63, 3.8) is 0 Å². The molecule has 4 aromatic heterocycles. The van der Waals surface area contributed by atoms with E-state index in [0.29, 0.717) is 11.3 Å². The molecule has 25 heteroatoms. The number of anilines is 2. The predicted octanol–water partition coefficient (Wildman–Crippen LogP) is -1.88. The number of phosphoric ester groups is 1. The molecule has 3 fully saturated rings. The normalized spacial score (nSPS) is 37.1. The summed E-state index contributed by atoms with van der Waals surface area (Å²) >= 11 is 0. The van der Waals surface area contributed by atoms with E-state index in [1.807, 2.05) is 0 Å². The fourth-order valence-corrected chi connectivity index (χ4v) is 7.37. The lowest BCUT2D eigenvalue weighted by molar-refractivity contribution is -0.168. The van der Waals surface area contributed by atoms with Crippen LogP contribution in [0.1, 0.15) is 12.5 Å². The summed E-state index contributed by atoms with van der Waals surface area (Å²) in [5, 5.41) is 25.0. The van der Waals surface area contributed by atoms with Crippen molar-refractivity contribution in [1.82, 2.24) is 39.0 Å². The number of nitrogens with two attached hydrogens (primary N) is 1. The van der Waals surface area contributed by atoms with Crippen LogP contribution in [0.3, 0.4) is 0 Å². The molecule has 5 unspecified atom stereocenters. The van der Waals surface area contributed by atoms with E-state index in [2.05, 4.69) is 35.2 Å². The van der Waals surface area contributed by atoms with E-state index in [-0.39, 0.29) is 22.8 Å². The maximum Gasteiger partial charge on any atom is 0.472 e. The maximum atomic E-state index is 13.2. The van der Waals surface area contributed by atoms with Crippen molar-refractivity contribution in [2.24, 2.45) is 0 Å². The molecule has 10 atom stereocenters. The number of phosphoric acid groups is 1. The van der Waals surface area contributed by atoms with Gasteiger partial charge < -0.3 is 45.3 Å². The van der Waals surface area contributed by atoms with Crippen LogP contribution in [0.25, 0.3) is 22.3 Å². The smallest absolute Gasteiger partial charge is 0.386 e. The highest BCUT2D eigenvalue weighted by molar-refractivity contribution is 7.52. The quantitative estimate of drug-likeness (QED) is 0.116. The van der Waals surface area contributed by atoms with Gasteiger partial charge in [0.05, 0.1) is 19.3 Å². The number of hydrogen-bond acceptors (Lipinski definition) is 18. The first kappa shape index (κ1) is 31.2. The molecule has 3 aliphatic heterocycles. The van der Waals surface area contributed by atoms with Gasteiger partial charge in [0.1, 0.15) is 42.4 Å². The van der Waals surface area contributed by atoms with Gasteiger partial charge >= 0.3 is 15.4 Å². The lowest BCUT2D eigenvalue weighted by Gasteiger charge is -2.25. The number of hydrogen-bond donors (Lipinski definition) is 7. The summed E-state index contributed by atoms with van der Waals surface area (Å²) in [6, 6.07) is 0. The van der Waals surface area contributed by atoms with Gasteiger partial charge in [-0.1, -0.05) is 0 Å². The summed E-state index contributed by atoms with van der Waals surface area (Å²) in [4.78, 5) is 56.4. The molecule has 0 aliphatic carbocycles. The summed E-state index contributed by atoms with van der Waals surface area (Å²) < 4.78 is 61.7. The molecule has 7 rings (SSSR count). The van der Waals surface area contributed by atoms with Crippen molar-refractivity contribution < 1.29 is 56.9 Å². The Hall–Kier alpha value is -3.44. The molecule has 7 heterocycles. The highest BCUT2D eigenvalue weighted by Gasteiger charge is 2.54. The zero-order valence-electron chi connectivity index (χ0n) is 23.3. The standard InChI is InChI=1S/C21H26N10O13P2/c1-23-14-8-15(25-3-24-14)30(4-26-8)18-10(32)12-7(41-18)2-40-46(37,38)44-13-11(33)20(39-6-45(35,36)43-12)42-19(13)31-5-27-9-16(31)28-21(22)29-17(9)34/h3-5,7,10-13,18-20,32-33H,2,6H2,1H3,(H,35,36)(H,37,38)(H,23,24,25)(H3,22,28,29,34)/t7-,10?,11-,12?,13?,18-,19-,20+/m1/s1. The number of ether oxygens (including phenoxy) is 3. The number of H-pyrrole nitrogens is 1. The van der Waals surface area contributed by atoms with E-state index < -0.39 is 83.2 Å². The third-order valence-corrected chi connectivity index (χ3v) is 9.45. The van der Waals surface area contributed by atoms with Crippen molar-refractivity contribution in [3.05, 3.63) is 29.3 Å². The van der Waals surface area contributed by atoms with Crippen molar-refractivity contribution in [2.75, 3.05) is 31.1 Å². The molecule has 3 saturated heterocycles. The molecule has 4 aromatic rings. The summed E-state index contributed by atoms with van der Waals surface area (Å²) in [5.41, 5.74) is 5.19. The van der Waals surface area contributed by atoms with Crippen LogP contribution in [-0.4, -0.2) is 116 Å². The van der Waals surface area contributed by atoms with E-state index in [1.54, 1.807) is 7.05 Å². The fourth-order valence-electron chi connectivity index (χ4n) is 5.40. The predicted molar refractivity (Wildman–Crippen MR) is 149 cm³/mol. The number of nitrogens with zero attached hydrogens (tertiary/aromatic N) is 7. The molecule has 0 amide bonds. The fraction of sp³-hybridized carbons (Fsp3) is 0.524. The maximum absolute atomic E-state index is 13.2. The van der Waals surface area contributed by atoms with Gasteiger partial charge in [-0.3, -0.25) is 37.0 Å². The molecule has 2 bridgehead atoms. The van der Waals surface area contributed by atoms with E-state index in [9.17, 15) is 33.9 Å². The molecular weight excluding hydrogens is 662 g/mol. The molecule has 0 spiro atoms. The van der Waals surface area contributed by atoms with Gasteiger partial charge in [0.15, 0.2) is 47.7 Å². The first-order valence-corrected chi connectivity index (χ1v) is 16.6. The molecule has 3 aliphatic rings. The molecule has 0 radical (unpaired) electrons. The highest BCUT2D eigenvalue weighted by Crippen LogP contribution is 2.53. The van der Waals surface area contributed by atoms with Crippen LogP contribution in [0.15, 0.2) is 23.8 Å². The second-order valence-corrected chi connectivity index (χ2v) is 13.5. The highest BCUT2D eigenvalue weighted by atomic mass is 31.2. The number of nitrogens with one attached hydrogen (secondary N) is 2. The average Bonchev–Trinajstić information content (AvgIpc) is 3.76. The number of rotatable bonds is 3. The Bertz CT molecular complexity index is 1950. The molecule has 8 N–H and O–H groups in total. The zero-order valence-corrected chi connectivity index (χ0v) is 25.1. The van der Waals surface area contributed by atoms with Crippen molar-refractivity contribution in [3.8, 4) is 0 Å². The van der Waals surface area contributed by atoms with Crippen LogP contribution in [-0.2, 0) is 36.9 Å². The largest absolute Gasteiger partial charge is 0.472 e. The average molecular weight is 688 g/mol. The number of aromatic amines is 1. The second-order valence-electron chi connectivity index (χ2n) is 10.4. The number of aliphatic hydroxyl groups excluding tert-OH is 2. The van der Waals surface area contributed by atoms with E-state index in [0.717, 1.165) is 10.9 Å². The Morgan fingerprint density at radius 1 is 0.978 bits per heavy atom. The Labute approximate surface area is 255 Å². The number of aromatic nitrogens is 8. The number of nitrogen functional groups attached to an aromatic ring is 1. The summed E-state index contributed by atoms with van der Waals surface area (Å²) in [6.07, 6.45) is -10.4. The molecule has 23 nitrogen and oxygen atoms in total. The van der Waals surface area contributed by atoms with Crippen molar-refractivity contribution >= 4 is 49.5 Å². The second kappa shape index (κ2) is 11.4. The zero-order chi connectivity index (χ0) is 32.5. The van der Waals surface area contributed by atoms with Gasteiger partial charge in [0, 0.05) is 7.05 Å². The molecule has 46 heavy (non-hydrogen) atoms.